The molecule has 0 radical (unpaired) electrons. The Morgan fingerprint density at radius 2 is 2.22 bits per heavy atom. The molecule has 1 saturated heterocycles. The maximum atomic E-state index is 13.1. The first-order chi connectivity index (χ1) is 8.56. The fourth-order valence-electron chi connectivity index (χ4n) is 2.20. The van der Waals surface area contributed by atoms with E-state index >= 15 is 0 Å². The number of amides is 1. The van der Waals surface area contributed by atoms with E-state index in [9.17, 15) is 13.6 Å². The largest absolute Gasteiger partial charge is 0.340 e. The fourth-order valence-corrected chi connectivity index (χ4v) is 2.20. The lowest BCUT2D eigenvalue weighted by Gasteiger charge is -2.33. The summed E-state index contributed by atoms with van der Waals surface area (Å²) in [4.78, 5) is 13.0. The van der Waals surface area contributed by atoms with Crippen LogP contribution in [0.1, 0.15) is 12.5 Å². The van der Waals surface area contributed by atoms with E-state index in [1.54, 1.807) is 17.9 Å². The Bertz CT molecular complexity index is 451. The molecule has 3 nitrogen and oxygen atoms in total. The van der Waals surface area contributed by atoms with E-state index in [4.69, 9.17) is 0 Å². The highest BCUT2D eigenvalue weighted by Crippen LogP contribution is 2.12. The van der Waals surface area contributed by atoms with Crippen molar-refractivity contribution in [2.75, 3.05) is 19.6 Å². The van der Waals surface area contributed by atoms with E-state index in [0.29, 0.717) is 19.5 Å². The number of hydrogen-bond acceptors (Lipinski definition) is 2. The molecule has 1 aliphatic rings. The van der Waals surface area contributed by atoms with Crippen LogP contribution in [0, 0.1) is 11.6 Å². The molecule has 1 amide bonds. The molecule has 1 aliphatic heterocycles. The van der Waals surface area contributed by atoms with Crippen LogP contribution in [-0.4, -0.2) is 36.5 Å². The number of carbonyl (C=O) groups is 1. The lowest BCUT2D eigenvalue weighted by atomic mass is 10.0. The predicted molar refractivity (Wildman–Crippen MR) is 64.1 cm³/mol. The maximum Gasteiger partial charge on any atom is 0.219 e. The van der Waals surface area contributed by atoms with Crippen molar-refractivity contribution in [3.05, 3.63) is 35.4 Å². The highest BCUT2D eigenvalue weighted by Gasteiger charge is 2.21. The van der Waals surface area contributed by atoms with E-state index in [1.165, 1.54) is 6.07 Å². The third-order valence-corrected chi connectivity index (χ3v) is 3.17. The van der Waals surface area contributed by atoms with Crippen molar-refractivity contribution in [1.82, 2.24) is 10.2 Å². The Kier molecular flexibility index (Phi) is 3.91. The van der Waals surface area contributed by atoms with Crippen molar-refractivity contribution in [3.8, 4) is 0 Å². The molecule has 1 unspecified atom stereocenters. The van der Waals surface area contributed by atoms with Gasteiger partial charge in [0.25, 0.3) is 0 Å². The molecule has 1 N–H and O–H groups in total. The first-order valence-corrected chi connectivity index (χ1v) is 5.99. The third kappa shape index (κ3) is 3.04. The molecular weight excluding hydrogens is 238 g/mol. The third-order valence-electron chi connectivity index (χ3n) is 3.17. The number of rotatable bonds is 2. The number of halogens is 2. The van der Waals surface area contributed by atoms with Crippen molar-refractivity contribution in [3.63, 3.8) is 0 Å². The Labute approximate surface area is 105 Å². The molecule has 0 aromatic heterocycles. The molecule has 0 bridgehead atoms. The second-order valence-electron chi connectivity index (χ2n) is 4.57. The molecule has 5 heteroatoms. The lowest BCUT2D eigenvalue weighted by molar-refractivity contribution is -0.130. The van der Waals surface area contributed by atoms with Gasteiger partial charge in [-0.25, -0.2) is 8.78 Å². The minimum Gasteiger partial charge on any atom is -0.340 e. The number of benzene rings is 1. The van der Waals surface area contributed by atoms with Gasteiger partial charge in [0.2, 0.25) is 5.91 Å². The van der Waals surface area contributed by atoms with Crippen LogP contribution < -0.4 is 5.32 Å². The van der Waals surface area contributed by atoms with Gasteiger partial charge in [-0.3, -0.25) is 4.79 Å². The SMILES string of the molecule is CC(=O)N1CCNC(Cc2ccc(F)c(F)c2)C1. The standard InChI is InChI=1S/C13H16F2N2O/c1-9(18)17-5-4-16-11(8-17)6-10-2-3-12(14)13(15)7-10/h2-3,7,11,16H,4-6,8H2,1H3. The van der Waals surface area contributed by atoms with Gasteiger partial charge in [0.05, 0.1) is 0 Å². The summed E-state index contributed by atoms with van der Waals surface area (Å²) in [5.74, 6) is -1.61. The normalized spacial score (nSPS) is 19.9. The van der Waals surface area contributed by atoms with Crippen LogP contribution in [0.2, 0.25) is 0 Å². The number of nitrogens with zero attached hydrogens (tertiary/aromatic N) is 1. The monoisotopic (exact) mass is 254 g/mol. The molecule has 0 spiro atoms. The van der Waals surface area contributed by atoms with Gasteiger partial charge in [-0.15, -0.1) is 0 Å². The topological polar surface area (TPSA) is 32.3 Å². The number of hydrogen-bond donors (Lipinski definition) is 1. The van der Waals surface area contributed by atoms with Gasteiger partial charge in [0.15, 0.2) is 11.6 Å². The molecule has 0 aliphatic carbocycles. The number of nitrogens with one attached hydrogen (secondary N) is 1. The van der Waals surface area contributed by atoms with Crippen molar-refractivity contribution in [2.45, 2.75) is 19.4 Å². The van der Waals surface area contributed by atoms with Crippen molar-refractivity contribution in [2.24, 2.45) is 0 Å². The average molecular weight is 254 g/mol. The van der Waals surface area contributed by atoms with Gasteiger partial charge in [-0.2, -0.15) is 0 Å². The zero-order chi connectivity index (χ0) is 13.1. The average Bonchev–Trinajstić information content (AvgIpc) is 2.34. The van der Waals surface area contributed by atoms with Crippen LogP contribution in [0.4, 0.5) is 8.78 Å². The van der Waals surface area contributed by atoms with Crippen molar-refractivity contribution in [1.29, 1.82) is 0 Å². The molecule has 0 saturated carbocycles. The molecule has 1 fully saturated rings. The molecule has 1 heterocycles. The molecule has 18 heavy (non-hydrogen) atoms. The predicted octanol–water partition coefficient (Wildman–Crippen LogP) is 1.33. The maximum absolute atomic E-state index is 13.1. The van der Waals surface area contributed by atoms with E-state index in [-0.39, 0.29) is 11.9 Å². The smallest absolute Gasteiger partial charge is 0.219 e. The van der Waals surface area contributed by atoms with Crippen LogP contribution in [0.15, 0.2) is 18.2 Å². The molecule has 98 valence electrons. The minimum absolute atomic E-state index is 0.0480. The minimum atomic E-state index is -0.833. The van der Waals surface area contributed by atoms with Gasteiger partial charge in [-0.05, 0) is 24.1 Å². The van der Waals surface area contributed by atoms with E-state index in [2.05, 4.69) is 5.32 Å². The van der Waals surface area contributed by atoms with Gasteiger partial charge in [0, 0.05) is 32.6 Å². The fraction of sp³-hybridized carbons (Fsp3) is 0.462. The van der Waals surface area contributed by atoms with Crippen LogP contribution >= 0.6 is 0 Å². The molecule has 1 atom stereocenters. The van der Waals surface area contributed by atoms with Gasteiger partial charge < -0.3 is 10.2 Å². The van der Waals surface area contributed by atoms with Gasteiger partial charge >= 0.3 is 0 Å². The second-order valence-corrected chi connectivity index (χ2v) is 4.57. The summed E-state index contributed by atoms with van der Waals surface area (Å²) in [5.41, 5.74) is 0.733. The van der Waals surface area contributed by atoms with Crippen LogP contribution in [0.3, 0.4) is 0 Å². The Morgan fingerprint density at radius 3 is 2.89 bits per heavy atom. The summed E-state index contributed by atoms with van der Waals surface area (Å²) in [6.45, 7) is 3.58. The summed E-state index contributed by atoms with van der Waals surface area (Å²) < 4.78 is 25.9. The Balaban J connectivity index is 2.00. The quantitative estimate of drug-likeness (QED) is 0.863. The first kappa shape index (κ1) is 13.0. The summed E-state index contributed by atoms with van der Waals surface area (Å²) in [6, 6.07) is 4.01. The Hall–Kier alpha value is -1.49. The molecular formula is C13H16F2N2O. The molecule has 1 aromatic carbocycles. The zero-order valence-electron chi connectivity index (χ0n) is 10.2. The van der Waals surface area contributed by atoms with Gasteiger partial charge in [-0.1, -0.05) is 6.07 Å². The lowest BCUT2D eigenvalue weighted by Crippen LogP contribution is -2.52. The van der Waals surface area contributed by atoms with Crippen LogP contribution in [0.5, 0.6) is 0 Å². The highest BCUT2D eigenvalue weighted by molar-refractivity contribution is 5.73. The van der Waals surface area contributed by atoms with Crippen molar-refractivity contribution >= 4 is 5.91 Å². The zero-order valence-corrected chi connectivity index (χ0v) is 10.2. The summed E-state index contributed by atoms with van der Waals surface area (Å²) in [5, 5.41) is 3.28. The summed E-state index contributed by atoms with van der Waals surface area (Å²) in [7, 11) is 0. The van der Waals surface area contributed by atoms with E-state index in [1.807, 2.05) is 0 Å². The Morgan fingerprint density at radius 1 is 1.44 bits per heavy atom. The summed E-state index contributed by atoms with van der Waals surface area (Å²) >= 11 is 0. The summed E-state index contributed by atoms with van der Waals surface area (Å²) in [6.07, 6.45) is 0.584. The van der Waals surface area contributed by atoms with Crippen molar-refractivity contribution < 1.29 is 13.6 Å². The second kappa shape index (κ2) is 5.44. The number of carbonyl (C=O) groups excluding carboxylic acids is 1. The first-order valence-electron chi connectivity index (χ1n) is 5.99. The highest BCUT2D eigenvalue weighted by atomic mass is 19.2. The van der Waals surface area contributed by atoms with Crippen LogP contribution in [0.25, 0.3) is 0 Å². The van der Waals surface area contributed by atoms with E-state index in [0.717, 1.165) is 18.2 Å². The van der Waals surface area contributed by atoms with Gasteiger partial charge in [0.1, 0.15) is 0 Å². The van der Waals surface area contributed by atoms with Crippen LogP contribution in [-0.2, 0) is 11.2 Å². The van der Waals surface area contributed by atoms with E-state index < -0.39 is 11.6 Å². The molecule has 1 aromatic rings. The molecule has 2 rings (SSSR count). The number of piperazine rings is 1.